The summed E-state index contributed by atoms with van der Waals surface area (Å²) < 4.78 is 3.08. The smallest absolute Gasteiger partial charge is 0.0649 e. The molecule has 1 heterocycles. The SMILES string of the molecule is CCCNC(CC)c1cccc(-n2cc(I)cn2)c1. The molecule has 1 aromatic carbocycles. The quantitative estimate of drug-likeness (QED) is 0.782. The van der Waals surface area contributed by atoms with E-state index in [2.05, 4.69) is 71.1 Å². The van der Waals surface area contributed by atoms with E-state index < -0.39 is 0 Å². The summed E-state index contributed by atoms with van der Waals surface area (Å²) >= 11 is 2.28. The lowest BCUT2D eigenvalue weighted by Crippen LogP contribution is -2.21. The minimum absolute atomic E-state index is 0.425. The molecule has 3 nitrogen and oxygen atoms in total. The number of halogens is 1. The first kappa shape index (κ1) is 14.5. The molecular formula is C15H20IN3. The van der Waals surface area contributed by atoms with Crippen LogP contribution < -0.4 is 5.32 Å². The Morgan fingerprint density at radius 1 is 1.37 bits per heavy atom. The molecule has 0 saturated carbocycles. The molecule has 0 fully saturated rings. The second-order valence-electron chi connectivity index (χ2n) is 4.61. The maximum Gasteiger partial charge on any atom is 0.0649 e. The normalized spacial score (nSPS) is 12.6. The van der Waals surface area contributed by atoms with Crippen LogP contribution in [0.25, 0.3) is 5.69 Å². The summed E-state index contributed by atoms with van der Waals surface area (Å²) in [7, 11) is 0. The Kier molecular flexibility index (Phi) is 5.39. The fraction of sp³-hybridized carbons (Fsp3) is 0.400. The summed E-state index contributed by atoms with van der Waals surface area (Å²) in [5.41, 5.74) is 2.45. The maximum absolute atomic E-state index is 4.36. The number of nitrogens with zero attached hydrogens (tertiary/aromatic N) is 2. The summed E-state index contributed by atoms with van der Waals surface area (Å²) in [5.74, 6) is 0. The van der Waals surface area contributed by atoms with E-state index in [0.29, 0.717) is 6.04 Å². The molecule has 4 heteroatoms. The van der Waals surface area contributed by atoms with Crippen molar-refractivity contribution in [3.8, 4) is 5.69 Å². The lowest BCUT2D eigenvalue weighted by atomic mass is 10.0. The molecule has 0 aliphatic rings. The van der Waals surface area contributed by atoms with Gasteiger partial charge in [-0.05, 0) is 59.7 Å². The Labute approximate surface area is 128 Å². The standard InChI is InChI=1S/C15H20IN3/c1-3-8-17-15(4-2)12-6-5-7-14(9-12)19-11-13(16)10-18-19/h5-7,9-11,15,17H,3-4,8H2,1-2H3. The zero-order valence-electron chi connectivity index (χ0n) is 11.4. The molecule has 19 heavy (non-hydrogen) atoms. The second-order valence-corrected chi connectivity index (χ2v) is 5.86. The van der Waals surface area contributed by atoms with Crippen molar-refractivity contribution in [2.75, 3.05) is 6.54 Å². The van der Waals surface area contributed by atoms with Crippen molar-refractivity contribution in [2.24, 2.45) is 0 Å². The first-order chi connectivity index (χ1) is 9.24. The van der Waals surface area contributed by atoms with Crippen molar-refractivity contribution < 1.29 is 0 Å². The minimum atomic E-state index is 0.425. The Morgan fingerprint density at radius 2 is 2.21 bits per heavy atom. The van der Waals surface area contributed by atoms with Gasteiger partial charge in [-0.25, -0.2) is 4.68 Å². The summed E-state index contributed by atoms with van der Waals surface area (Å²) in [4.78, 5) is 0. The number of nitrogens with one attached hydrogen (secondary N) is 1. The van der Waals surface area contributed by atoms with Crippen molar-refractivity contribution in [3.05, 3.63) is 45.8 Å². The van der Waals surface area contributed by atoms with Crippen LogP contribution in [0.2, 0.25) is 0 Å². The third kappa shape index (κ3) is 3.79. The topological polar surface area (TPSA) is 29.9 Å². The molecule has 0 saturated heterocycles. The van der Waals surface area contributed by atoms with Crippen LogP contribution in [-0.4, -0.2) is 16.3 Å². The van der Waals surface area contributed by atoms with Crippen LogP contribution in [-0.2, 0) is 0 Å². The van der Waals surface area contributed by atoms with Crippen molar-refractivity contribution in [2.45, 2.75) is 32.7 Å². The number of hydrogen-bond donors (Lipinski definition) is 1. The van der Waals surface area contributed by atoms with Gasteiger partial charge in [-0.3, -0.25) is 0 Å². The molecule has 1 aromatic heterocycles. The van der Waals surface area contributed by atoms with E-state index >= 15 is 0 Å². The highest BCUT2D eigenvalue weighted by Crippen LogP contribution is 2.20. The summed E-state index contributed by atoms with van der Waals surface area (Å²) in [6, 6.07) is 9.04. The predicted octanol–water partition coefficient (Wildman–Crippen LogP) is 3.93. The molecule has 0 radical (unpaired) electrons. The van der Waals surface area contributed by atoms with E-state index in [9.17, 15) is 0 Å². The van der Waals surface area contributed by atoms with Crippen LogP contribution in [0.5, 0.6) is 0 Å². The largest absolute Gasteiger partial charge is 0.310 e. The molecule has 0 aliphatic heterocycles. The zero-order valence-corrected chi connectivity index (χ0v) is 13.6. The van der Waals surface area contributed by atoms with Gasteiger partial charge in [-0.15, -0.1) is 0 Å². The van der Waals surface area contributed by atoms with Gasteiger partial charge >= 0.3 is 0 Å². The monoisotopic (exact) mass is 369 g/mol. The van der Waals surface area contributed by atoms with Crippen molar-refractivity contribution in [1.29, 1.82) is 0 Å². The average molecular weight is 369 g/mol. The lowest BCUT2D eigenvalue weighted by molar-refractivity contribution is 0.518. The van der Waals surface area contributed by atoms with Crippen LogP contribution >= 0.6 is 22.6 Å². The Bertz CT molecular complexity index is 522. The molecule has 2 aromatic rings. The van der Waals surface area contributed by atoms with E-state index in [0.717, 1.165) is 28.6 Å². The highest BCUT2D eigenvalue weighted by Gasteiger charge is 2.09. The fourth-order valence-corrected chi connectivity index (χ4v) is 2.53. The summed E-state index contributed by atoms with van der Waals surface area (Å²) in [6.45, 7) is 5.47. The molecule has 0 bridgehead atoms. The van der Waals surface area contributed by atoms with Crippen LogP contribution in [0, 0.1) is 3.57 Å². The molecule has 1 unspecified atom stereocenters. The number of hydrogen-bond acceptors (Lipinski definition) is 2. The minimum Gasteiger partial charge on any atom is -0.310 e. The highest BCUT2D eigenvalue weighted by molar-refractivity contribution is 14.1. The predicted molar refractivity (Wildman–Crippen MR) is 87.6 cm³/mol. The summed E-state index contributed by atoms with van der Waals surface area (Å²) in [6.07, 6.45) is 6.17. The van der Waals surface area contributed by atoms with E-state index in [1.807, 2.05) is 17.1 Å². The van der Waals surface area contributed by atoms with Gasteiger partial charge in [0.05, 0.1) is 15.5 Å². The highest BCUT2D eigenvalue weighted by atomic mass is 127. The molecule has 102 valence electrons. The van der Waals surface area contributed by atoms with E-state index in [1.165, 1.54) is 5.56 Å². The van der Waals surface area contributed by atoms with Crippen molar-refractivity contribution in [3.63, 3.8) is 0 Å². The molecule has 1 N–H and O–H groups in total. The van der Waals surface area contributed by atoms with Gasteiger partial charge < -0.3 is 5.32 Å². The number of aromatic nitrogens is 2. The van der Waals surface area contributed by atoms with Gasteiger partial charge in [0.1, 0.15) is 0 Å². The van der Waals surface area contributed by atoms with Crippen LogP contribution in [0.3, 0.4) is 0 Å². The third-order valence-electron chi connectivity index (χ3n) is 3.14. The average Bonchev–Trinajstić information content (AvgIpc) is 2.87. The van der Waals surface area contributed by atoms with Gasteiger partial charge in [-0.1, -0.05) is 26.0 Å². The molecule has 2 rings (SSSR count). The van der Waals surface area contributed by atoms with Gasteiger partial charge in [0, 0.05) is 12.2 Å². The molecule has 1 atom stereocenters. The van der Waals surface area contributed by atoms with E-state index in [1.54, 1.807) is 0 Å². The van der Waals surface area contributed by atoms with Crippen LogP contribution in [0.1, 0.15) is 38.3 Å². The third-order valence-corrected chi connectivity index (χ3v) is 3.69. The summed E-state index contributed by atoms with van der Waals surface area (Å²) in [5, 5.41) is 7.95. The second kappa shape index (κ2) is 7.05. The van der Waals surface area contributed by atoms with Gasteiger partial charge in [0.2, 0.25) is 0 Å². The molecule has 0 aliphatic carbocycles. The molecular weight excluding hydrogens is 349 g/mol. The number of rotatable bonds is 6. The van der Waals surface area contributed by atoms with Gasteiger partial charge in [0.25, 0.3) is 0 Å². The van der Waals surface area contributed by atoms with E-state index in [4.69, 9.17) is 0 Å². The number of benzene rings is 1. The Morgan fingerprint density at radius 3 is 2.84 bits per heavy atom. The maximum atomic E-state index is 4.36. The first-order valence-corrected chi connectivity index (χ1v) is 7.86. The first-order valence-electron chi connectivity index (χ1n) is 6.78. The Balaban J connectivity index is 2.22. The van der Waals surface area contributed by atoms with Crippen LogP contribution in [0.15, 0.2) is 36.7 Å². The lowest BCUT2D eigenvalue weighted by Gasteiger charge is -2.17. The zero-order chi connectivity index (χ0) is 13.7. The molecule has 0 spiro atoms. The van der Waals surface area contributed by atoms with Gasteiger partial charge in [0.15, 0.2) is 0 Å². The van der Waals surface area contributed by atoms with E-state index in [-0.39, 0.29) is 0 Å². The van der Waals surface area contributed by atoms with Crippen LogP contribution in [0.4, 0.5) is 0 Å². The van der Waals surface area contributed by atoms with Crippen molar-refractivity contribution >= 4 is 22.6 Å². The molecule has 0 amide bonds. The van der Waals surface area contributed by atoms with Crippen molar-refractivity contribution in [1.82, 2.24) is 15.1 Å². The van der Waals surface area contributed by atoms with Gasteiger partial charge in [-0.2, -0.15) is 5.10 Å². The Hall–Kier alpha value is -0.880. The fourth-order valence-electron chi connectivity index (χ4n) is 2.14.